The summed E-state index contributed by atoms with van der Waals surface area (Å²) in [6.45, 7) is 4.78. The maximum Gasteiger partial charge on any atom is 0.191 e. The molecule has 0 bridgehead atoms. The van der Waals surface area contributed by atoms with Crippen LogP contribution in [0.4, 0.5) is 4.39 Å². The molecule has 1 aromatic carbocycles. The Morgan fingerprint density at radius 2 is 1.96 bits per heavy atom. The van der Waals surface area contributed by atoms with Gasteiger partial charge in [0.15, 0.2) is 5.96 Å². The van der Waals surface area contributed by atoms with Gasteiger partial charge in [0.2, 0.25) is 0 Å². The Bertz CT molecular complexity index is 574. The number of nitrogens with one attached hydrogen (secondary N) is 2. The zero-order valence-electron chi connectivity index (χ0n) is 15.6. The molecule has 1 fully saturated rings. The lowest BCUT2D eigenvalue weighted by Gasteiger charge is -2.43. The van der Waals surface area contributed by atoms with Crippen LogP contribution in [0.5, 0.6) is 0 Å². The van der Waals surface area contributed by atoms with Crippen molar-refractivity contribution in [1.82, 2.24) is 15.5 Å². The van der Waals surface area contributed by atoms with Crippen LogP contribution in [0.3, 0.4) is 0 Å². The first-order chi connectivity index (χ1) is 11.5. The van der Waals surface area contributed by atoms with Crippen LogP contribution in [0.25, 0.3) is 0 Å². The standard InChI is InChI=1S/C18H29FN4O.HI/c1-14-11-15(5-6-16(14)19)12-21-17(20-2)22-13-18(23(3)4)7-9-24-10-8-18;/h5-6,11H,7-10,12-13H2,1-4H3,(H2,20,21,22);1H. The number of hydrogen-bond acceptors (Lipinski definition) is 3. The summed E-state index contributed by atoms with van der Waals surface area (Å²) in [5.74, 6) is 0.582. The number of likely N-dealkylation sites (N-methyl/N-ethyl adjacent to an activating group) is 1. The highest BCUT2D eigenvalue weighted by molar-refractivity contribution is 14.0. The predicted molar refractivity (Wildman–Crippen MR) is 111 cm³/mol. The summed E-state index contributed by atoms with van der Waals surface area (Å²) < 4.78 is 18.8. The summed E-state index contributed by atoms with van der Waals surface area (Å²) in [6, 6.07) is 5.16. The Balaban J connectivity index is 0.00000312. The molecular weight excluding hydrogens is 434 g/mol. The molecule has 0 atom stereocenters. The number of nitrogens with zero attached hydrogens (tertiary/aromatic N) is 2. The molecule has 0 aromatic heterocycles. The molecule has 25 heavy (non-hydrogen) atoms. The smallest absolute Gasteiger partial charge is 0.191 e. The van der Waals surface area contributed by atoms with Gasteiger partial charge in [-0.15, -0.1) is 24.0 Å². The van der Waals surface area contributed by atoms with E-state index in [1.54, 1.807) is 20.0 Å². The molecule has 0 aliphatic carbocycles. The number of guanidine groups is 1. The molecule has 7 heteroatoms. The van der Waals surface area contributed by atoms with Crippen molar-refractivity contribution in [3.05, 3.63) is 35.1 Å². The maximum atomic E-state index is 13.3. The van der Waals surface area contributed by atoms with Crippen LogP contribution in [0.2, 0.25) is 0 Å². The number of hydrogen-bond donors (Lipinski definition) is 2. The zero-order valence-corrected chi connectivity index (χ0v) is 17.9. The summed E-state index contributed by atoms with van der Waals surface area (Å²) >= 11 is 0. The largest absolute Gasteiger partial charge is 0.381 e. The molecule has 1 saturated heterocycles. The molecule has 0 saturated carbocycles. The number of aliphatic imine (C=N–C) groups is 1. The van der Waals surface area contributed by atoms with E-state index in [0.717, 1.165) is 44.1 Å². The van der Waals surface area contributed by atoms with Gasteiger partial charge in [0.05, 0.1) is 0 Å². The Morgan fingerprint density at radius 1 is 1.28 bits per heavy atom. The summed E-state index contributed by atoms with van der Waals surface area (Å²) in [5, 5.41) is 6.72. The van der Waals surface area contributed by atoms with Crippen molar-refractivity contribution in [2.75, 3.05) is 40.9 Å². The summed E-state index contributed by atoms with van der Waals surface area (Å²) in [4.78, 5) is 6.57. The maximum absolute atomic E-state index is 13.3. The Kier molecular flexibility index (Phi) is 9.09. The van der Waals surface area contributed by atoms with Crippen molar-refractivity contribution in [1.29, 1.82) is 0 Å². The van der Waals surface area contributed by atoms with Crippen LogP contribution in [-0.4, -0.2) is 57.3 Å². The molecule has 142 valence electrons. The van der Waals surface area contributed by atoms with E-state index in [1.165, 1.54) is 6.07 Å². The number of aryl methyl sites for hydroxylation is 1. The van der Waals surface area contributed by atoms with Crippen molar-refractivity contribution in [2.24, 2.45) is 4.99 Å². The van der Waals surface area contributed by atoms with E-state index < -0.39 is 0 Å². The first kappa shape index (κ1) is 22.1. The van der Waals surface area contributed by atoms with Gasteiger partial charge in [-0.05, 0) is 51.1 Å². The Hall–Kier alpha value is -0.930. The fraction of sp³-hybridized carbons (Fsp3) is 0.611. The van der Waals surface area contributed by atoms with Crippen molar-refractivity contribution >= 4 is 29.9 Å². The van der Waals surface area contributed by atoms with Gasteiger partial charge in [-0.25, -0.2) is 4.39 Å². The van der Waals surface area contributed by atoms with Gasteiger partial charge in [0.25, 0.3) is 0 Å². The van der Waals surface area contributed by atoms with Gasteiger partial charge in [0, 0.05) is 38.9 Å². The lowest BCUT2D eigenvalue weighted by atomic mass is 9.88. The second-order valence-corrected chi connectivity index (χ2v) is 6.59. The third-order valence-electron chi connectivity index (χ3n) is 4.86. The first-order valence-electron chi connectivity index (χ1n) is 8.41. The number of benzene rings is 1. The molecule has 1 aromatic rings. The van der Waals surface area contributed by atoms with Crippen LogP contribution in [-0.2, 0) is 11.3 Å². The quantitative estimate of drug-likeness (QED) is 0.400. The zero-order chi connectivity index (χ0) is 17.6. The van der Waals surface area contributed by atoms with Crippen molar-refractivity contribution in [3.63, 3.8) is 0 Å². The predicted octanol–water partition coefficient (Wildman–Crippen LogP) is 2.53. The lowest BCUT2D eigenvalue weighted by Crippen LogP contribution is -2.57. The SMILES string of the molecule is CN=C(NCc1ccc(F)c(C)c1)NCC1(N(C)C)CCOCC1.I. The molecule has 2 N–H and O–H groups in total. The van der Waals surface area contributed by atoms with E-state index in [9.17, 15) is 4.39 Å². The Morgan fingerprint density at radius 3 is 2.52 bits per heavy atom. The molecule has 1 aliphatic rings. The van der Waals surface area contributed by atoms with E-state index >= 15 is 0 Å². The van der Waals surface area contributed by atoms with Crippen LogP contribution >= 0.6 is 24.0 Å². The van der Waals surface area contributed by atoms with Crippen molar-refractivity contribution in [2.45, 2.75) is 31.8 Å². The van der Waals surface area contributed by atoms with Crippen molar-refractivity contribution < 1.29 is 9.13 Å². The summed E-state index contributed by atoms with van der Waals surface area (Å²) in [7, 11) is 5.99. The molecule has 1 aliphatic heterocycles. The molecule has 0 radical (unpaired) electrons. The van der Waals surface area contributed by atoms with Gasteiger partial charge in [-0.1, -0.05) is 12.1 Å². The monoisotopic (exact) mass is 464 g/mol. The molecule has 2 rings (SSSR count). The number of halogens is 2. The van der Waals surface area contributed by atoms with E-state index in [-0.39, 0.29) is 35.3 Å². The van der Waals surface area contributed by atoms with E-state index in [0.29, 0.717) is 12.1 Å². The highest BCUT2D eigenvalue weighted by Crippen LogP contribution is 2.25. The molecule has 0 unspecified atom stereocenters. The van der Waals surface area contributed by atoms with Crippen molar-refractivity contribution in [3.8, 4) is 0 Å². The molecule has 1 heterocycles. The minimum absolute atomic E-state index is 0. The van der Waals surface area contributed by atoms with Crippen LogP contribution in [0.1, 0.15) is 24.0 Å². The minimum Gasteiger partial charge on any atom is -0.381 e. The second kappa shape index (κ2) is 10.3. The van der Waals surface area contributed by atoms with E-state index in [4.69, 9.17) is 4.74 Å². The highest BCUT2D eigenvalue weighted by Gasteiger charge is 2.34. The third kappa shape index (κ3) is 6.07. The van der Waals surface area contributed by atoms with E-state index in [2.05, 4.69) is 34.6 Å². The normalized spacial score (nSPS) is 17.1. The van der Waals surface area contributed by atoms with Crippen LogP contribution in [0.15, 0.2) is 23.2 Å². The van der Waals surface area contributed by atoms with Gasteiger partial charge in [0.1, 0.15) is 5.82 Å². The van der Waals surface area contributed by atoms with Crippen LogP contribution in [0, 0.1) is 12.7 Å². The highest BCUT2D eigenvalue weighted by atomic mass is 127. The average Bonchev–Trinajstić information content (AvgIpc) is 2.58. The number of ether oxygens (including phenoxy) is 1. The fourth-order valence-corrected chi connectivity index (χ4v) is 3.00. The minimum atomic E-state index is -0.173. The lowest BCUT2D eigenvalue weighted by molar-refractivity contribution is -0.00501. The average molecular weight is 464 g/mol. The Labute approximate surface area is 167 Å². The third-order valence-corrected chi connectivity index (χ3v) is 4.86. The van der Waals surface area contributed by atoms with Gasteiger partial charge in [-0.2, -0.15) is 0 Å². The molecule has 5 nitrogen and oxygen atoms in total. The van der Waals surface area contributed by atoms with Gasteiger partial charge < -0.3 is 20.3 Å². The molecular formula is C18H30FIN4O. The molecule has 0 spiro atoms. The van der Waals surface area contributed by atoms with E-state index in [1.807, 2.05) is 6.07 Å². The number of rotatable bonds is 5. The first-order valence-corrected chi connectivity index (χ1v) is 8.41. The van der Waals surface area contributed by atoms with Gasteiger partial charge in [-0.3, -0.25) is 4.99 Å². The second-order valence-electron chi connectivity index (χ2n) is 6.59. The topological polar surface area (TPSA) is 48.9 Å². The van der Waals surface area contributed by atoms with Gasteiger partial charge >= 0.3 is 0 Å². The summed E-state index contributed by atoms with van der Waals surface area (Å²) in [6.07, 6.45) is 2.00. The van der Waals surface area contributed by atoms with Crippen LogP contribution < -0.4 is 10.6 Å². The molecule has 0 amide bonds. The fourth-order valence-electron chi connectivity index (χ4n) is 3.00. The summed E-state index contributed by atoms with van der Waals surface area (Å²) in [5.41, 5.74) is 1.78.